The number of nitro benzene ring substituents is 1. The lowest BCUT2D eigenvalue weighted by molar-refractivity contribution is -0.384. The Hall–Kier alpha value is -2.29. The zero-order chi connectivity index (χ0) is 22.1. The van der Waals surface area contributed by atoms with E-state index in [1.54, 1.807) is 31.4 Å². The van der Waals surface area contributed by atoms with Crippen molar-refractivity contribution in [1.29, 1.82) is 0 Å². The normalized spacial score (nSPS) is 12.5. The molecule has 0 amide bonds. The molecule has 0 spiro atoms. The Balaban J connectivity index is 0.00000480. The Bertz CT molecular complexity index is 982. The molecule has 31 heavy (non-hydrogen) atoms. The third kappa shape index (κ3) is 9.16. The summed E-state index contributed by atoms with van der Waals surface area (Å²) in [6.45, 7) is 3.13. The van der Waals surface area contributed by atoms with Gasteiger partial charge in [-0.05, 0) is 30.2 Å². The van der Waals surface area contributed by atoms with Crippen molar-refractivity contribution in [3.05, 3.63) is 69.8 Å². The van der Waals surface area contributed by atoms with Crippen LogP contribution in [-0.2, 0) is 27.8 Å². The van der Waals surface area contributed by atoms with Gasteiger partial charge >= 0.3 is 0 Å². The summed E-state index contributed by atoms with van der Waals surface area (Å²) in [6, 6.07) is 12.4. The highest BCUT2D eigenvalue weighted by atomic mass is 127. The van der Waals surface area contributed by atoms with Gasteiger partial charge in [0.2, 0.25) is 10.0 Å². The summed E-state index contributed by atoms with van der Waals surface area (Å²) in [7, 11) is -2.13. The fourth-order valence-electron chi connectivity index (χ4n) is 2.55. The predicted octanol–water partition coefficient (Wildman–Crippen LogP) is 2.13. The first-order valence-electron chi connectivity index (χ1n) is 9.08. The second-order valence-corrected chi connectivity index (χ2v) is 8.19. The van der Waals surface area contributed by atoms with Crippen molar-refractivity contribution < 1.29 is 18.1 Å². The Kier molecular flexibility index (Phi) is 10.8. The summed E-state index contributed by atoms with van der Waals surface area (Å²) in [5, 5.41) is 22.3. The molecule has 2 rings (SSSR count). The second kappa shape index (κ2) is 12.5. The van der Waals surface area contributed by atoms with Crippen molar-refractivity contribution in [1.82, 2.24) is 10.6 Å². The van der Waals surface area contributed by atoms with Crippen LogP contribution in [0.25, 0.3) is 0 Å². The van der Waals surface area contributed by atoms with Crippen LogP contribution in [0.2, 0.25) is 0 Å². The number of nitrogens with one attached hydrogen (secondary N) is 2. The van der Waals surface area contributed by atoms with Crippen molar-refractivity contribution in [3.63, 3.8) is 0 Å². The number of sulfonamides is 1. The molecule has 2 aromatic carbocycles. The average Bonchev–Trinajstić information content (AvgIpc) is 2.70. The summed E-state index contributed by atoms with van der Waals surface area (Å²) >= 11 is 0. The molecule has 0 aliphatic carbocycles. The van der Waals surface area contributed by atoms with E-state index in [1.807, 2.05) is 6.92 Å². The van der Waals surface area contributed by atoms with Crippen LogP contribution in [0.15, 0.2) is 58.4 Å². The van der Waals surface area contributed by atoms with Crippen LogP contribution in [0, 0.1) is 10.1 Å². The molecule has 2 aromatic rings. The molecule has 0 heterocycles. The molecular weight excluding hydrogens is 537 g/mol. The van der Waals surface area contributed by atoms with Crippen molar-refractivity contribution in [2.24, 2.45) is 10.1 Å². The van der Waals surface area contributed by atoms with Crippen molar-refractivity contribution >= 4 is 45.6 Å². The number of aliphatic imine (C=N–C) groups is 1. The van der Waals surface area contributed by atoms with Gasteiger partial charge < -0.3 is 15.4 Å². The largest absolute Gasteiger partial charge is 0.383 e. The lowest BCUT2D eigenvalue weighted by Crippen LogP contribution is -2.43. The number of nitrogens with two attached hydrogens (primary N) is 1. The van der Waals surface area contributed by atoms with Gasteiger partial charge in [-0.1, -0.05) is 24.3 Å². The van der Waals surface area contributed by atoms with Crippen molar-refractivity contribution in [3.8, 4) is 0 Å². The number of nitro groups is 1. The molecule has 0 aliphatic rings. The van der Waals surface area contributed by atoms with Gasteiger partial charge in [0.05, 0.1) is 23.0 Å². The number of benzene rings is 2. The number of guanidine groups is 1. The van der Waals surface area contributed by atoms with Crippen LogP contribution in [0.3, 0.4) is 0 Å². The third-order valence-electron chi connectivity index (χ3n) is 4.08. The Morgan fingerprint density at radius 2 is 1.74 bits per heavy atom. The van der Waals surface area contributed by atoms with Crippen LogP contribution in [0.1, 0.15) is 18.1 Å². The van der Waals surface area contributed by atoms with Crippen molar-refractivity contribution in [2.75, 3.05) is 13.7 Å². The second-order valence-electron chi connectivity index (χ2n) is 6.63. The number of halogens is 1. The first-order valence-corrected chi connectivity index (χ1v) is 10.6. The molecular formula is C19H26IN5O5S. The van der Waals surface area contributed by atoms with Gasteiger partial charge in [0.1, 0.15) is 0 Å². The standard InChI is InChI=1S/C19H25N5O5S.HI/c1-14(13-29-2)23-19(21-11-15-3-7-17(8-4-15)24(25)26)22-12-16-5-9-18(10-6-16)30(20,27)28;/h3-10,14H,11-13H2,1-2H3,(H2,20,27,28)(H2,21,22,23);1H. The van der Waals surface area contributed by atoms with Gasteiger partial charge in [-0.25, -0.2) is 18.5 Å². The number of non-ortho nitro benzene ring substituents is 1. The van der Waals surface area contributed by atoms with Crippen LogP contribution in [0.4, 0.5) is 5.69 Å². The topological polar surface area (TPSA) is 149 Å². The molecule has 1 atom stereocenters. The first kappa shape index (κ1) is 26.7. The average molecular weight is 563 g/mol. The molecule has 170 valence electrons. The molecule has 0 fully saturated rings. The summed E-state index contributed by atoms with van der Waals surface area (Å²) in [4.78, 5) is 14.9. The van der Waals surface area contributed by atoms with E-state index >= 15 is 0 Å². The number of hydrogen-bond acceptors (Lipinski definition) is 6. The fourth-order valence-corrected chi connectivity index (χ4v) is 3.07. The van der Waals surface area contributed by atoms with Crippen LogP contribution in [-0.4, -0.2) is 39.1 Å². The zero-order valence-corrected chi connectivity index (χ0v) is 20.3. The number of methoxy groups -OCH3 is 1. The molecule has 12 heteroatoms. The van der Waals surface area contributed by atoms with Gasteiger partial charge in [0.15, 0.2) is 5.96 Å². The van der Waals surface area contributed by atoms with Crippen LogP contribution in [0.5, 0.6) is 0 Å². The summed E-state index contributed by atoms with van der Waals surface area (Å²) in [5.41, 5.74) is 1.69. The SMILES string of the molecule is COCC(C)NC(=NCc1ccc(S(N)(=O)=O)cc1)NCc1ccc([N+](=O)[O-])cc1.I. The number of ether oxygens (including phenoxy) is 1. The first-order chi connectivity index (χ1) is 14.2. The fraction of sp³-hybridized carbons (Fsp3) is 0.316. The van der Waals surface area contributed by atoms with Gasteiger partial charge in [-0.3, -0.25) is 10.1 Å². The Morgan fingerprint density at radius 3 is 2.26 bits per heavy atom. The zero-order valence-electron chi connectivity index (χ0n) is 17.1. The van der Waals surface area contributed by atoms with Crippen molar-refractivity contribution in [2.45, 2.75) is 31.0 Å². The quantitative estimate of drug-likeness (QED) is 0.139. The molecule has 1 unspecified atom stereocenters. The van der Waals surface area contributed by atoms with Gasteiger partial charge in [0, 0.05) is 31.8 Å². The van der Waals surface area contributed by atoms with E-state index in [-0.39, 0.29) is 40.6 Å². The van der Waals surface area contributed by atoms with E-state index in [1.165, 1.54) is 24.3 Å². The van der Waals surface area contributed by atoms with Gasteiger partial charge in [-0.15, -0.1) is 24.0 Å². The molecule has 0 aliphatic heterocycles. The highest BCUT2D eigenvalue weighted by Crippen LogP contribution is 2.12. The Labute approximate surface area is 198 Å². The summed E-state index contributed by atoms with van der Waals surface area (Å²) in [6.07, 6.45) is 0. The van der Waals surface area contributed by atoms with Gasteiger partial charge in [-0.2, -0.15) is 0 Å². The molecule has 4 N–H and O–H groups in total. The minimum absolute atomic E-state index is 0. The maximum Gasteiger partial charge on any atom is 0.269 e. The number of hydrogen-bond donors (Lipinski definition) is 3. The molecule has 0 saturated heterocycles. The Morgan fingerprint density at radius 1 is 1.16 bits per heavy atom. The number of nitrogens with zero attached hydrogens (tertiary/aromatic N) is 2. The molecule has 0 bridgehead atoms. The monoisotopic (exact) mass is 563 g/mol. The van der Waals surface area contributed by atoms with E-state index in [9.17, 15) is 18.5 Å². The van der Waals surface area contributed by atoms with Crippen LogP contribution < -0.4 is 15.8 Å². The minimum atomic E-state index is -3.74. The predicted molar refractivity (Wildman–Crippen MR) is 129 cm³/mol. The lowest BCUT2D eigenvalue weighted by Gasteiger charge is -2.18. The summed E-state index contributed by atoms with van der Waals surface area (Å²) < 4.78 is 27.8. The molecule has 0 aromatic heterocycles. The molecule has 0 radical (unpaired) electrons. The highest BCUT2D eigenvalue weighted by Gasteiger charge is 2.09. The maximum absolute atomic E-state index is 11.4. The van der Waals surface area contributed by atoms with Gasteiger partial charge in [0.25, 0.3) is 5.69 Å². The summed E-state index contributed by atoms with van der Waals surface area (Å²) in [5.74, 6) is 0.522. The van der Waals surface area contributed by atoms with Crippen LogP contribution >= 0.6 is 24.0 Å². The third-order valence-corrected chi connectivity index (χ3v) is 5.01. The number of primary sulfonamides is 1. The minimum Gasteiger partial charge on any atom is -0.383 e. The van der Waals surface area contributed by atoms with E-state index in [2.05, 4.69) is 15.6 Å². The maximum atomic E-state index is 11.4. The lowest BCUT2D eigenvalue weighted by atomic mass is 10.2. The smallest absolute Gasteiger partial charge is 0.269 e. The molecule has 0 saturated carbocycles. The highest BCUT2D eigenvalue weighted by molar-refractivity contribution is 14.0. The van der Waals surface area contributed by atoms with E-state index in [0.717, 1.165) is 11.1 Å². The van der Waals surface area contributed by atoms with E-state index in [0.29, 0.717) is 25.7 Å². The number of rotatable bonds is 9. The molecule has 10 nitrogen and oxygen atoms in total. The van der Waals surface area contributed by atoms with E-state index in [4.69, 9.17) is 9.88 Å². The van der Waals surface area contributed by atoms with E-state index < -0.39 is 14.9 Å².